The summed E-state index contributed by atoms with van der Waals surface area (Å²) in [5.74, 6) is 0. The fraction of sp³-hybridized carbons (Fsp3) is 0.543. The zero-order chi connectivity index (χ0) is 37.8. The number of ether oxygens (including phenoxy) is 1. The van der Waals surface area contributed by atoms with E-state index in [-0.39, 0.29) is 10.3 Å². The van der Waals surface area contributed by atoms with Crippen molar-refractivity contribution in [1.29, 1.82) is 0 Å². The third kappa shape index (κ3) is 6.74. The first kappa shape index (κ1) is 37.5. The van der Waals surface area contributed by atoms with Crippen molar-refractivity contribution in [2.45, 2.75) is 139 Å². The van der Waals surface area contributed by atoms with Crippen LogP contribution in [0.1, 0.15) is 121 Å². The highest BCUT2D eigenvalue weighted by atomic mass is 32.2. The number of allylic oxidation sites excluding steroid dienone is 8. The van der Waals surface area contributed by atoms with E-state index < -0.39 is 15.5 Å². The van der Waals surface area contributed by atoms with Crippen LogP contribution in [0.4, 0.5) is 11.4 Å². The monoisotopic (exact) mass is 750 g/mol. The first-order valence-electron chi connectivity index (χ1n) is 20.7. The van der Waals surface area contributed by atoms with Gasteiger partial charge in [0.1, 0.15) is 13.2 Å². The first-order valence-corrected chi connectivity index (χ1v) is 22.1. The van der Waals surface area contributed by atoms with Crippen molar-refractivity contribution in [2.24, 2.45) is 0 Å². The molecule has 3 heterocycles. The summed E-state index contributed by atoms with van der Waals surface area (Å²) in [6.45, 7) is 14.7. The van der Waals surface area contributed by atoms with Crippen LogP contribution in [0.2, 0.25) is 0 Å². The predicted octanol–water partition coefficient (Wildman–Crippen LogP) is 9.70. The van der Waals surface area contributed by atoms with Crippen molar-refractivity contribution in [1.82, 2.24) is 0 Å². The summed E-state index contributed by atoms with van der Waals surface area (Å²) in [5.41, 5.74) is 12.4. The Morgan fingerprint density at radius 1 is 0.704 bits per heavy atom. The number of rotatable bonds is 5. The van der Waals surface area contributed by atoms with Crippen LogP contribution in [0.25, 0.3) is 0 Å². The molecular weight excluding hydrogens is 691 g/mol. The summed E-state index contributed by atoms with van der Waals surface area (Å²) in [5, 5.41) is 0. The Morgan fingerprint density at radius 3 is 1.69 bits per heavy atom. The summed E-state index contributed by atoms with van der Waals surface area (Å²) in [7, 11) is -4.32. The van der Waals surface area contributed by atoms with Gasteiger partial charge in [-0.25, -0.2) is 4.58 Å². The van der Waals surface area contributed by atoms with Crippen molar-refractivity contribution in [3.05, 3.63) is 99.9 Å². The van der Waals surface area contributed by atoms with Gasteiger partial charge in [0.2, 0.25) is 5.71 Å². The standard InChI is InChI=1S/C46H59N3O4S/c1-32-16-22-40-38(30-32)45(2,3)42(48(40)35-12-8-6-9-13-35)24-19-33-17-18-34(44(33)47-26-28-53-29-27-47)20-25-43-46(4,5)39-31-37(54(50,51)52)21-23-41(39)49(43)36-14-10-7-11-15-36/h16,19-25,30-31,35-36H,6-15,17-18,26-29H2,1-5H3/p+1. The molecule has 0 spiro atoms. The van der Waals surface area contributed by atoms with E-state index in [1.54, 1.807) is 12.1 Å². The Balaban J connectivity index is 1.21. The Labute approximate surface area is 323 Å². The normalized spacial score (nSPS) is 26.5. The predicted molar refractivity (Wildman–Crippen MR) is 220 cm³/mol. The van der Waals surface area contributed by atoms with E-state index in [1.807, 2.05) is 6.07 Å². The molecule has 0 atom stereocenters. The molecule has 0 aromatic heterocycles. The Kier molecular flexibility index (Phi) is 10.1. The van der Waals surface area contributed by atoms with Crippen LogP contribution >= 0.6 is 0 Å². The number of nitrogens with zero attached hydrogens (tertiary/aromatic N) is 3. The van der Waals surface area contributed by atoms with E-state index in [1.165, 1.54) is 96.4 Å². The van der Waals surface area contributed by atoms with E-state index in [2.05, 4.69) is 91.5 Å². The van der Waals surface area contributed by atoms with Gasteiger partial charge in [-0.3, -0.25) is 4.55 Å². The van der Waals surface area contributed by atoms with E-state index in [4.69, 9.17) is 4.74 Å². The molecule has 2 aromatic carbocycles. The minimum atomic E-state index is -4.32. The summed E-state index contributed by atoms with van der Waals surface area (Å²) < 4.78 is 42.9. The van der Waals surface area contributed by atoms with Crippen LogP contribution in [-0.4, -0.2) is 61.6 Å². The maximum absolute atomic E-state index is 12.3. The van der Waals surface area contributed by atoms with Crippen molar-refractivity contribution < 1.29 is 22.3 Å². The van der Waals surface area contributed by atoms with Gasteiger partial charge < -0.3 is 14.5 Å². The number of fused-ring (bicyclic) bond motifs is 2. The van der Waals surface area contributed by atoms with Crippen molar-refractivity contribution in [2.75, 3.05) is 36.1 Å². The molecular formula is C46H60N3O4S+. The maximum Gasteiger partial charge on any atom is 0.294 e. The quantitative estimate of drug-likeness (QED) is 0.243. The maximum atomic E-state index is 12.3. The van der Waals surface area contributed by atoms with E-state index in [0.717, 1.165) is 63.2 Å². The number of anilines is 2. The number of hydrogen-bond donors (Lipinski definition) is 1. The van der Waals surface area contributed by atoms with Gasteiger partial charge in [-0.05, 0) is 93.0 Å². The molecule has 8 heteroatoms. The molecule has 288 valence electrons. The third-order valence-corrected chi connectivity index (χ3v) is 14.3. The molecule has 3 aliphatic carbocycles. The Morgan fingerprint density at radius 2 is 1.19 bits per heavy atom. The molecule has 54 heavy (non-hydrogen) atoms. The molecule has 8 rings (SSSR count). The second kappa shape index (κ2) is 14.6. The van der Waals surface area contributed by atoms with Crippen LogP contribution in [-0.2, 0) is 25.7 Å². The van der Waals surface area contributed by atoms with Gasteiger partial charge in [-0.15, -0.1) is 0 Å². The second-order valence-corrected chi connectivity index (χ2v) is 19.1. The Bertz CT molecular complexity index is 2060. The Hall–Kier alpha value is -3.46. The van der Waals surface area contributed by atoms with Gasteiger partial charge in [-0.2, -0.15) is 8.42 Å². The molecule has 7 nitrogen and oxygen atoms in total. The molecule has 1 saturated heterocycles. The van der Waals surface area contributed by atoms with Gasteiger partial charge in [0.05, 0.1) is 4.90 Å². The smallest absolute Gasteiger partial charge is 0.294 e. The number of benzene rings is 2. The van der Waals surface area contributed by atoms with Gasteiger partial charge >= 0.3 is 0 Å². The van der Waals surface area contributed by atoms with E-state index in [9.17, 15) is 13.0 Å². The zero-order valence-electron chi connectivity index (χ0n) is 33.2. The molecule has 3 saturated carbocycles. The average Bonchev–Trinajstić information content (AvgIpc) is 3.74. The fourth-order valence-corrected chi connectivity index (χ4v) is 11.0. The fourth-order valence-electron chi connectivity index (χ4n) is 10.5. The van der Waals surface area contributed by atoms with Crippen LogP contribution in [0.5, 0.6) is 0 Å². The van der Waals surface area contributed by atoms with Crippen LogP contribution < -0.4 is 9.80 Å². The molecule has 0 bridgehead atoms. The third-order valence-electron chi connectivity index (χ3n) is 13.4. The molecule has 0 radical (unpaired) electrons. The molecule has 1 N–H and O–H groups in total. The summed E-state index contributed by atoms with van der Waals surface area (Å²) >= 11 is 0. The van der Waals surface area contributed by atoms with Gasteiger partial charge in [0.15, 0.2) is 13.1 Å². The molecule has 3 aliphatic heterocycles. The number of morpholine rings is 1. The molecule has 0 amide bonds. The average molecular weight is 751 g/mol. The van der Waals surface area contributed by atoms with Crippen molar-refractivity contribution in [3.63, 3.8) is 0 Å². The van der Waals surface area contributed by atoms with Crippen LogP contribution in [0, 0.1) is 6.92 Å². The zero-order valence-corrected chi connectivity index (χ0v) is 34.0. The minimum absolute atomic E-state index is 0.0362. The van der Waals surface area contributed by atoms with Gasteiger partial charge in [0, 0.05) is 56.8 Å². The topological polar surface area (TPSA) is 73.1 Å². The lowest BCUT2D eigenvalue weighted by atomic mass is 9.82. The lowest BCUT2D eigenvalue weighted by Gasteiger charge is -2.36. The minimum Gasteiger partial charge on any atom is -0.368 e. The molecule has 4 fully saturated rings. The highest BCUT2D eigenvalue weighted by Gasteiger charge is 2.45. The lowest BCUT2D eigenvalue weighted by molar-refractivity contribution is -0.548. The first-order chi connectivity index (χ1) is 25.9. The van der Waals surface area contributed by atoms with E-state index in [0.29, 0.717) is 12.1 Å². The highest BCUT2D eigenvalue weighted by molar-refractivity contribution is 7.85. The summed E-state index contributed by atoms with van der Waals surface area (Å²) in [6.07, 6.45) is 23.9. The summed E-state index contributed by atoms with van der Waals surface area (Å²) in [4.78, 5) is 5.18. The highest BCUT2D eigenvalue weighted by Crippen LogP contribution is 2.52. The second-order valence-electron chi connectivity index (χ2n) is 17.7. The molecule has 0 unspecified atom stereocenters. The largest absolute Gasteiger partial charge is 0.368 e. The molecule has 6 aliphatic rings. The van der Waals surface area contributed by atoms with Crippen molar-refractivity contribution in [3.8, 4) is 0 Å². The summed E-state index contributed by atoms with van der Waals surface area (Å²) in [6, 6.07) is 13.2. The van der Waals surface area contributed by atoms with Gasteiger partial charge in [-0.1, -0.05) is 96.1 Å². The molecule has 2 aromatic rings. The van der Waals surface area contributed by atoms with Crippen LogP contribution in [0.15, 0.2) is 88.1 Å². The number of hydrogen-bond acceptors (Lipinski definition) is 5. The van der Waals surface area contributed by atoms with Crippen LogP contribution in [0.3, 0.4) is 0 Å². The number of aryl methyl sites for hydroxylation is 1. The SMILES string of the molecule is Cc1ccc2c(c1)C(C)(C)C(=CC=C1CC/C(=C\C=C3\N(C4CCCCC4)c4ccc(S(=O)(=O)O)cc4C3(C)C)C1=[N+]1CCOCC1)N2C1CCCCC1. The van der Waals surface area contributed by atoms with Gasteiger partial charge in [0.25, 0.3) is 10.1 Å². The lowest BCUT2D eigenvalue weighted by Crippen LogP contribution is -2.37. The van der Waals surface area contributed by atoms with E-state index >= 15 is 0 Å². The van der Waals surface area contributed by atoms with Crippen molar-refractivity contribution >= 4 is 27.2 Å².